The minimum Gasteiger partial charge on any atom is -0.322 e. The van der Waals surface area contributed by atoms with Gasteiger partial charge in [-0.2, -0.15) is 0 Å². The van der Waals surface area contributed by atoms with Crippen molar-refractivity contribution in [2.75, 3.05) is 10.7 Å². The third kappa shape index (κ3) is 3.72. The number of hydrogen-bond acceptors (Lipinski definition) is 4. The molecule has 4 N–H and O–H groups in total. The number of hydrogen-bond donors (Lipinski definition) is 3. The van der Waals surface area contributed by atoms with Gasteiger partial charge in [0.15, 0.2) is 5.82 Å². The van der Waals surface area contributed by atoms with E-state index in [0.717, 1.165) is 22.1 Å². The molecule has 0 atom stereocenters. The number of nitrogen functional groups attached to an aromatic ring is 1. The number of rotatable bonds is 4. The average molecular weight is 370 g/mol. The van der Waals surface area contributed by atoms with Crippen LogP contribution >= 0.6 is 27.5 Å². The molecule has 7 heteroatoms. The highest BCUT2D eigenvalue weighted by Gasteiger charge is 2.11. The first-order valence-corrected chi connectivity index (χ1v) is 7.44. The van der Waals surface area contributed by atoms with Crippen LogP contribution in [0.25, 0.3) is 0 Å². The lowest BCUT2D eigenvalue weighted by atomic mass is 10.1. The summed E-state index contributed by atoms with van der Waals surface area (Å²) in [6, 6.07) is 7.22. The molecule has 0 radical (unpaired) electrons. The Morgan fingerprint density at radius 3 is 2.81 bits per heavy atom. The number of anilines is 2. The first-order valence-electron chi connectivity index (χ1n) is 6.27. The van der Waals surface area contributed by atoms with Gasteiger partial charge in [-0.15, -0.1) is 0 Å². The normalized spacial score (nSPS) is 10.3. The molecular formula is C14H14BrClN4O. The molecule has 0 aliphatic heterocycles. The SMILES string of the molecule is CCc1cc(Br)ccc1NC(=O)c1cnc(NN)c(Cl)c1. The second-order valence-corrected chi connectivity index (χ2v) is 5.63. The quantitative estimate of drug-likeness (QED) is 0.568. The van der Waals surface area contributed by atoms with E-state index in [1.54, 1.807) is 0 Å². The number of halogens is 2. The van der Waals surface area contributed by atoms with Crippen molar-refractivity contribution in [2.45, 2.75) is 13.3 Å². The van der Waals surface area contributed by atoms with Crippen LogP contribution in [0.1, 0.15) is 22.8 Å². The fraction of sp³-hybridized carbons (Fsp3) is 0.143. The lowest BCUT2D eigenvalue weighted by molar-refractivity contribution is 0.102. The number of nitrogens with one attached hydrogen (secondary N) is 2. The zero-order valence-corrected chi connectivity index (χ0v) is 13.6. The number of aryl methyl sites for hydroxylation is 1. The molecule has 21 heavy (non-hydrogen) atoms. The van der Waals surface area contributed by atoms with Crippen molar-refractivity contribution in [2.24, 2.45) is 5.84 Å². The van der Waals surface area contributed by atoms with E-state index in [4.69, 9.17) is 17.4 Å². The molecule has 0 aliphatic carbocycles. The van der Waals surface area contributed by atoms with Crippen LogP contribution in [0.2, 0.25) is 5.02 Å². The summed E-state index contributed by atoms with van der Waals surface area (Å²) in [6.45, 7) is 2.03. The van der Waals surface area contributed by atoms with Crippen molar-refractivity contribution in [3.8, 4) is 0 Å². The Labute approximate surface area is 136 Å². The van der Waals surface area contributed by atoms with Crippen LogP contribution in [0.3, 0.4) is 0 Å². The molecule has 0 fully saturated rings. The minimum atomic E-state index is -0.273. The largest absolute Gasteiger partial charge is 0.322 e. The predicted octanol–water partition coefficient (Wildman–Crippen LogP) is 3.60. The number of benzene rings is 1. The van der Waals surface area contributed by atoms with Crippen LogP contribution in [0.5, 0.6) is 0 Å². The van der Waals surface area contributed by atoms with E-state index in [0.29, 0.717) is 11.4 Å². The summed E-state index contributed by atoms with van der Waals surface area (Å²) in [5, 5.41) is 3.15. The van der Waals surface area contributed by atoms with Crippen LogP contribution in [0, 0.1) is 0 Å². The third-order valence-corrected chi connectivity index (χ3v) is 3.72. The van der Waals surface area contributed by atoms with Gasteiger partial charge in [0, 0.05) is 16.4 Å². The van der Waals surface area contributed by atoms with Crippen molar-refractivity contribution >= 4 is 44.9 Å². The molecular weight excluding hydrogens is 356 g/mol. The fourth-order valence-electron chi connectivity index (χ4n) is 1.84. The third-order valence-electron chi connectivity index (χ3n) is 2.94. The van der Waals surface area contributed by atoms with Crippen molar-refractivity contribution in [1.82, 2.24) is 4.98 Å². The molecule has 0 saturated heterocycles. The number of hydrazine groups is 1. The maximum Gasteiger partial charge on any atom is 0.257 e. The van der Waals surface area contributed by atoms with E-state index in [2.05, 4.69) is 31.7 Å². The lowest BCUT2D eigenvalue weighted by Crippen LogP contribution is -2.15. The molecule has 1 heterocycles. The van der Waals surface area contributed by atoms with Crippen LogP contribution in [-0.4, -0.2) is 10.9 Å². The smallest absolute Gasteiger partial charge is 0.257 e. The number of aromatic nitrogens is 1. The molecule has 0 bridgehead atoms. The van der Waals surface area contributed by atoms with Gasteiger partial charge in [0.1, 0.15) is 0 Å². The van der Waals surface area contributed by atoms with Crippen LogP contribution in [-0.2, 0) is 6.42 Å². The van der Waals surface area contributed by atoms with Gasteiger partial charge in [0.25, 0.3) is 5.91 Å². The molecule has 1 aromatic heterocycles. The highest BCUT2D eigenvalue weighted by atomic mass is 79.9. The standard InChI is InChI=1S/C14H14BrClN4O/c1-2-8-5-10(15)3-4-12(8)19-14(21)9-6-11(16)13(20-17)18-7-9/h3-7H,2,17H2,1H3,(H,18,20)(H,19,21). The van der Waals surface area contributed by atoms with E-state index in [9.17, 15) is 4.79 Å². The summed E-state index contributed by atoms with van der Waals surface area (Å²) >= 11 is 9.38. The van der Waals surface area contributed by atoms with E-state index >= 15 is 0 Å². The van der Waals surface area contributed by atoms with Gasteiger partial charge in [-0.3, -0.25) is 4.79 Å². The summed E-state index contributed by atoms with van der Waals surface area (Å²) in [5.74, 6) is 5.30. The zero-order chi connectivity index (χ0) is 15.4. The van der Waals surface area contributed by atoms with Crippen molar-refractivity contribution < 1.29 is 4.79 Å². The number of carbonyl (C=O) groups excluding carboxylic acids is 1. The average Bonchev–Trinajstić information content (AvgIpc) is 2.48. The van der Waals surface area contributed by atoms with E-state index in [-0.39, 0.29) is 10.9 Å². The Morgan fingerprint density at radius 1 is 1.43 bits per heavy atom. The second kappa shape index (κ2) is 6.89. The molecule has 2 aromatic rings. The number of amides is 1. The number of nitrogens with zero attached hydrogens (tertiary/aromatic N) is 1. The molecule has 0 unspecified atom stereocenters. The Bertz CT molecular complexity index is 678. The summed E-state index contributed by atoms with van der Waals surface area (Å²) in [7, 11) is 0. The Balaban J connectivity index is 2.24. The number of pyridine rings is 1. The molecule has 110 valence electrons. The second-order valence-electron chi connectivity index (χ2n) is 4.31. The molecule has 0 saturated carbocycles. The lowest BCUT2D eigenvalue weighted by Gasteiger charge is -2.11. The minimum absolute atomic E-state index is 0.273. The van der Waals surface area contributed by atoms with Crippen LogP contribution in [0.15, 0.2) is 34.9 Å². The predicted molar refractivity (Wildman–Crippen MR) is 88.5 cm³/mol. The highest BCUT2D eigenvalue weighted by molar-refractivity contribution is 9.10. The van der Waals surface area contributed by atoms with Crippen molar-refractivity contribution in [3.63, 3.8) is 0 Å². The van der Waals surface area contributed by atoms with Gasteiger partial charge in [0.2, 0.25) is 0 Å². The molecule has 0 spiro atoms. The molecule has 2 rings (SSSR count). The highest BCUT2D eigenvalue weighted by Crippen LogP contribution is 2.23. The fourth-order valence-corrected chi connectivity index (χ4v) is 2.47. The summed E-state index contributed by atoms with van der Waals surface area (Å²) in [6.07, 6.45) is 2.23. The Kier molecular flexibility index (Phi) is 5.17. The summed E-state index contributed by atoms with van der Waals surface area (Å²) < 4.78 is 0.973. The maximum atomic E-state index is 12.2. The van der Waals surface area contributed by atoms with Gasteiger partial charge >= 0.3 is 0 Å². The molecule has 1 aromatic carbocycles. The van der Waals surface area contributed by atoms with E-state index in [1.807, 2.05) is 25.1 Å². The summed E-state index contributed by atoms with van der Waals surface area (Å²) in [5.41, 5.74) is 4.53. The number of carbonyl (C=O) groups is 1. The Hall–Kier alpha value is -1.63. The van der Waals surface area contributed by atoms with Gasteiger partial charge in [-0.05, 0) is 36.2 Å². The molecule has 1 amide bonds. The van der Waals surface area contributed by atoms with Gasteiger partial charge in [-0.25, -0.2) is 10.8 Å². The van der Waals surface area contributed by atoms with Gasteiger partial charge in [0.05, 0.1) is 10.6 Å². The van der Waals surface area contributed by atoms with Crippen molar-refractivity contribution in [1.29, 1.82) is 0 Å². The first kappa shape index (κ1) is 15.8. The van der Waals surface area contributed by atoms with Gasteiger partial charge < -0.3 is 10.7 Å². The Morgan fingerprint density at radius 2 is 2.19 bits per heavy atom. The maximum absolute atomic E-state index is 12.2. The van der Waals surface area contributed by atoms with Crippen molar-refractivity contribution in [3.05, 3.63) is 51.1 Å². The zero-order valence-electron chi connectivity index (χ0n) is 11.3. The molecule has 5 nitrogen and oxygen atoms in total. The number of nitrogens with two attached hydrogens (primary N) is 1. The summed E-state index contributed by atoms with van der Waals surface area (Å²) in [4.78, 5) is 16.2. The van der Waals surface area contributed by atoms with E-state index < -0.39 is 0 Å². The van der Waals surface area contributed by atoms with Crippen LogP contribution < -0.4 is 16.6 Å². The topological polar surface area (TPSA) is 80.0 Å². The van der Waals surface area contributed by atoms with Gasteiger partial charge in [-0.1, -0.05) is 34.5 Å². The first-order chi connectivity index (χ1) is 10.0. The monoisotopic (exact) mass is 368 g/mol. The van der Waals surface area contributed by atoms with Crippen LogP contribution in [0.4, 0.5) is 11.5 Å². The molecule has 0 aliphatic rings. The van der Waals surface area contributed by atoms with E-state index in [1.165, 1.54) is 12.3 Å².